The molecule has 0 heterocycles. The van der Waals surface area contributed by atoms with Gasteiger partial charge in [-0.1, -0.05) is 6.07 Å². The van der Waals surface area contributed by atoms with Crippen LogP contribution in [0.25, 0.3) is 0 Å². The molecule has 28 heavy (non-hydrogen) atoms. The van der Waals surface area contributed by atoms with Crippen LogP contribution in [0.4, 0.5) is 5.69 Å². The first-order chi connectivity index (χ1) is 13.3. The van der Waals surface area contributed by atoms with Gasteiger partial charge in [0.2, 0.25) is 0 Å². The molecule has 0 bridgehead atoms. The molecule has 0 radical (unpaired) electrons. The number of ether oxygens (including phenoxy) is 2. The second kappa shape index (κ2) is 9.12. The fraction of sp³-hybridized carbons (Fsp3) is 0.167. The van der Waals surface area contributed by atoms with Gasteiger partial charge in [0.15, 0.2) is 18.1 Å². The van der Waals surface area contributed by atoms with Crippen molar-refractivity contribution in [2.45, 2.75) is 6.92 Å². The molecule has 0 spiro atoms. The van der Waals surface area contributed by atoms with Gasteiger partial charge in [-0.25, -0.2) is 5.43 Å². The molecule has 0 saturated carbocycles. The van der Waals surface area contributed by atoms with E-state index < -0.39 is 16.7 Å². The standard InChI is InChI=1S/C18H18N4O6/c1-11-3-5-13(8-14(11)22(25)26)18(24)21-20-9-12-4-6-15(16(7-12)27-2)28-10-17(19)23/h3-9H,10H2,1-2H3,(H2,19,23)(H,21,24). The maximum atomic E-state index is 12.1. The number of nitrogens with one attached hydrogen (secondary N) is 1. The molecule has 10 heteroatoms. The lowest BCUT2D eigenvalue weighted by Crippen LogP contribution is -2.20. The van der Waals surface area contributed by atoms with Crippen molar-refractivity contribution in [3.63, 3.8) is 0 Å². The van der Waals surface area contributed by atoms with Crippen molar-refractivity contribution < 1.29 is 24.0 Å². The minimum atomic E-state index is -0.619. The van der Waals surface area contributed by atoms with Crippen LogP contribution in [-0.2, 0) is 4.79 Å². The molecule has 2 rings (SSSR count). The number of nitro benzene ring substituents is 1. The van der Waals surface area contributed by atoms with Crippen molar-refractivity contribution in [1.29, 1.82) is 0 Å². The van der Waals surface area contributed by atoms with Crippen molar-refractivity contribution in [3.05, 3.63) is 63.2 Å². The van der Waals surface area contributed by atoms with Crippen LogP contribution in [0.5, 0.6) is 11.5 Å². The molecule has 0 saturated heterocycles. The number of aryl methyl sites for hydroxylation is 1. The summed E-state index contributed by atoms with van der Waals surface area (Å²) in [5, 5.41) is 14.8. The number of benzene rings is 2. The lowest BCUT2D eigenvalue weighted by atomic mass is 10.1. The quantitative estimate of drug-likeness (QED) is 0.400. The molecule has 0 aromatic heterocycles. The number of rotatable bonds is 8. The second-order valence-electron chi connectivity index (χ2n) is 5.62. The summed E-state index contributed by atoms with van der Waals surface area (Å²) < 4.78 is 10.4. The van der Waals surface area contributed by atoms with Gasteiger partial charge in [-0.2, -0.15) is 5.10 Å². The Morgan fingerprint density at radius 3 is 2.64 bits per heavy atom. The van der Waals surface area contributed by atoms with Crippen molar-refractivity contribution >= 4 is 23.7 Å². The van der Waals surface area contributed by atoms with Crippen molar-refractivity contribution in [1.82, 2.24) is 5.43 Å². The number of carbonyl (C=O) groups is 2. The van der Waals surface area contributed by atoms with Gasteiger partial charge in [-0.05, 0) is 36.8 Å². The number of hydrazone groups is 1. The summed E-state index contributed by atoms with van der Waals surface area (Å²) in [5.41, 5.74) is 8.34. The summed E-state index contributed by atoms with van der Waals surface area (Å²) in [5.74, 6) is -0.528. The van der Waals surface area contributed by atoms with Crippen molar-refractivity contribution in [3.8, 4) is 11.5 Å². The Hall–Kier alpha value is -3.95. The molecular weight excluding hydrogens is 368 g/mol. The highest BCUT2D eigenvalue weighted by molar-refractivity contribution is 5.95. The van der Waals surface area contributed by atoms with E-state index in [2.05, 4.69) is 10.5 Å². The number of nitrogens with zero attached hydrogens (tertiary/aromatic N) is 2. The number of hydrogen-bond donors (Lipinski definition) is 2. The summed E-state index contributed by atoms with van der Waals surface area (Å²) >= 11 is 0. The lowest BCUT2D eigenvalue weighted by Gasteiger charge is -2.09. The van der Waals surface area contributed by atoms with Gasteiger partial charge in [-0.3, -0.25) is 19.7 Å². The Bertz CT molecular complexity index is 942. The van der Waals surface area contributed by atoms with Crippen LogP contribution in [-0.4, -0.2) is 36.7 Å². The molecule has 0 aliphatic rings. The number of nitrogens with two attached hydrogens (primary N) is 1. The van der Waals surface area contributed by atoms with E-state index >= 15 is 0 Å². The number of hydrogen-bond acceptors (Lipinski definition) is 7. The van der Waals surface area contributed by atoms with Crippen LogP contribution in [0.2, 0.25) is 0 Å². The van der Waals surface area contributed by atoms with E-state index in [0.717, 1.165) is 0 Å². The largest absolute Gasteiger partial charge is 0.493 e. The fourth-order valence-corrected chi connectivity index (χ4v) is 2.21. The molecule has 2 aromatic carbocycles. The van der Waals surface area contributed by atoms with Crippen molar-refractivity contribution in [2.75, 3.05) is 13.7 Å². The molecule has 2 amide bonds. The summed E-state index contributed by atoms with van der Waals surface area (Å²) in [6.07, 6.45) is 1.36. The zero-order valence-corrected chi connectivity index (χ0v) is 15.2. The van der Waals surface area contributed by atoms with Crippen LogP contribution < -0.4 is 20.6 Å². The van der Waals surface area contributed by atoms with Crippen LogP contribution in [0.1, 0.15) is 21.5 Å². The van der Waals surface area contributed by atoms with Gasteiger partial charge in [0, 0.05) is 17.2 Å². The average molecular weight is 386 g/mol. The first-order valence-electron chi connectivity index (χ1n) is 7.99. The van der Waals surface area contributed by atoms with E-state index in [1.54, 1.807) is 25.1 Å². The molecule has 3 N–H and O–H groups in total. The summed E-state index contributed by atoms with van der Waals surface area (Å²) in [4.78, 5) is 33.3. The Balaban J connectivity index is 2.08. The second-order valence-corrected chi connectivity index (χ2v) is 5.62. The molecule has 0 aliphatic carbocycles. The molecular formula is C18H18N4O6. The molecule has 0 atom stereocenters. The molecule has 10 nitrogen and oxygen atoms in total. The summed E-state index contributed by atoms with van der Waals surface area (Å²) in [6.45, 7) is 1.30. The average Bonchev–Trinajstić information content (AvgIpc) is 2.66. The summed E-state index contributed by atoms with van der Waals surface area (Å²) in [6, 6.07) is 8.93. The van der Waals surface area contributed by atoms with Gasteiger partial charge in [0.1, 0.15) is 0 Å². The smallest absolute Gasteiger partial charge is 0.273 e. The first-order valence-corrected chi connectivity index (χ1v) is 7.99. The topological polar surface area (TPSA) is 146 Å². The maximum absolute atomic E-state index is 12.1. The van der Waals surface area contributed by atoms with Crippen LogP contribution in [0, 0.1) is 17.0 Å². The van der Waals surface area contributed by atoms with Gasteiger partial charge in [0.05, 0.1) is 18.2 Å². The van der Waals surface area contributed by atoms with Crippen LogP contribution >= 0.6 is 0 Å². The highest BCUT2D eigenvalue weighted by Gasteiger charge is 2.14. The monoisotopic (exact) mass is 386 g/mol. The zero-order chi connectivity index (χ0) is 20.7. The van der Waals surface area contributed by atoms with Gasteiger partial charge in [-0.15, -0.1) is 0 Å². The third kappa shape index (κ3) is 5.27. The van der Waals surface area contributed by atoms with E-state index in [0.29, 0.717) is 22.6 Å². The van der Waals surface area contributed by atoms with Gasteiger partial charge >= 0.3 is 0 Å². The fourth-order valence-electron chi connectivity index (χ4n) is 2.21. The molecule has 2 aromatic rings. The van der Waals surface area contributed by atoms with E-state index in [4.69, 9.17) is 15.2 Å². The van der Waals surface area contributed by atoms with E-state index in [1.807, 2.05) is 0 Å². The van der Waals surface area contributed by atoms with Gasteiger partial charge in [0.25, 0.3) is 17.5 Å². The molecule has 0 fully saturated rings. The minimum absolute atomic E-state index is 0.113. The molecule has 0 aliphatic heterocycles. The Labute approximate surface area is 160 Å². The number of methoxy groups -OCH3 is 1. The van der Waals surface area contributed by atoms with Crippen molar-refractivity contribution in [2.24, 2.45) is 10.8 Å². The number of carbonyl (C=O) groups excluding carboxylic acids is 2. The Kier molecular flexibility index (Phi) is 6.63. The predicted molar refractivity (Wildman–Crippen MR) is 101 cm³/mol. The third-order valence-corrected chi connectivity index (χ3v) is 3.61. The highest BCUT2D eigenvalue weighted by atomic mass is 16.6. The summed E-state index contributed by atoms with van der Waals surface area (Å²) in [7, 11) is 1.43. The first kappa shape index (κ1) is 20.4. The maximum Gasteiger partial charge on any atom is 0.273 e. The predicted octanol–water partition coefficient (Wildman–Crippen LogP) is 1.54. The minimum Gasteiger partial charge on any atom is -0.493 e. The van der Waals surface area contributed by atoms with Crippen LogP contribution in [0.15, 0.2) is 41.5 Å². The third-order valence-electron chi connectivity index (χ3n) is 3.61. The molecule has 146 valence electrons. The SMILES string of the molecule is COc1cc(C=NNC(=O)c2ccc(C)c([N+](=O)[O-])c2)ccc1OCC(N)=O. The van der Waals surface area contributed by atoms with E-state index in [1.165, 1.54) is 31.5 Å². The van der Waals surface area contributed by atoms with Crippen LogP contribution in [0.3, 0.4) is 0 Å². The highest BCUT2D eigenvalue weighted by Crippen LogP contribution is 2.27. The molecule has 0 unspecified atom stereocenters. The Morgan fingerprint density at radius 1 is 1.25 bits per heavy atom. The van der Waals surface area contributed by atoms with E-state index in [-0.39, 0.29) is 17.9 Å². The number of primary amides is 1. The normalized spacial score (nSPS) is 10.5. The number of amides is 2. The lowest BCUT2D eigenvalue weighted by molar-refractivity contribution is -0.385. The van der Waals surface area contributed by atoms with E-state index in [9.17, 15) is 19.7 Å². The zero-order valence-electron chi connectivity index (χ0n) is 15.2. The Morgan fingerprint density at radius 2 is 2.00 bits per heavy atom. The van der Waals surface area contributed by atoms with Gasteiger partial charge < -0.3 is 15.2 Å². The number of nitro groups is 1.